The van der Waals surface area contributed by atoms with Crippen LogP contribution in [0.4, 0.5) is 5.69 Å². The minimum absolute atomic E-state index is 0.819. The summed E-state index contributed by atoms with van der Waals surface area (Å²) < 4.78 is 1.97. The average Bonchev–Trinajstić information content (AvgIpc) is 2.89. The second kappa shape index (κ2) is 7.10. The number of nitrogen functional groups attached to an aromatic ring is 1. The molecule has 1 heterocycles. The molecule has 0 amide bonds. The van der Waals surface area contributed by atoms with Crippen LogP contribution in [0.1, 0.15) is 31.4 Å². The average molecular weight is 272 g/mol. The van der Waals surface area contributed by atoms with Crippen LogP contribution in [-0.4, -0.2) is 21.2 Å². The number of anilines is 1. The van der Waals surface area contributed by atoms with Crippen LogP contribution in [0.25, 0.3) is 0 Å². The largest absolute Gasteiger partial charge is 0.399 e. The van der Waals surface area contributed by atoms with Crippen LogP contribution in [0.3, 0.4) is 0 Å². The molecule has 0 radical (unpaired) electrons. The van der Waals surface area contributed by atoms with Gasteiger partial charge in [0.25, 0.3) is 0 Å². The van der Waals surface area contributed by atoms with Crippen molar-refractivity contribution in [1.29, 1.82) is 0 Å². The highest BCUT2D eigenvalue weighted by molar-refractivity contribution is 5.39. The van der Waals surface area contributed by atoms with E-state index in [2.05, 4.69) is 42.2 Å². The van der Waals surface area contributed by atoms with Gasteiger partial charge in [0.2, 0.25) is 0 Å². The van der Waals surface area contributed by atoms with Crippen molar-refractivity contribution >= 4 is 5.69 Å². The van der Waals surface area contributed by atoms with Gasteiger partial charge >= 0.3 is 0 Å². The zero-order valence-corrected chi connectivity index (χ0v) is 12.4. The first-order valence-electron chi connectivity index (χ1n) is 7.29. The first kappa shape index (κ1) is 14.6. The first-order chi connectivity index (χ1) is 9.71. The SMILES string of the molecule is CCCN(Cc1ccc(N)cc1)Cc1cnn(CC)c1. The number of aromatic nitrogens is 2. The van der Waals surface area contributed by atoms with Gasteiger partial charge in [0, 0.05) is 37.1 Å². The number of nitrogens with two attached hydrogens (primary N) is 1. The molecule has 0 aliphatic carbocycles. The van der Waals surface area contributed by atoms with E-state index in [1.807, 2.05) is 23.0 Å². The highest BCUT2D eigenvalue weighted by Crippen LogP contribution is 2.12. The molecule has 0 saturated heterocycles. The van der Waals surface area contributed by atoms with Crippen LogP contribution >= 0.6 is 0 Å². The number of hydrogen-bond donors (Lipinski definition) is 1. The number of nitrogens with zero attached hydrogens (tertiary/aromatic N) is 3. The Kier molecular flexibility index (Phi) is 5.18. The van der Waals surface area contributed by atoms with Gasteiger partial charge in [-0.25, -0.2) is 0 Å². The summed E-state index contributed by atoms with van der Waals surface area (Å²) in [6.07, 6.45) is 5.25. The van der Waals surface area contributed by atoms with Crippen molar-refractivity contribution in [3.05, 3.63) is 47.8 Å². The Balaban J connectivity index is 2.00. The summed E-state index contributed by atoms with van der Waals surface area (Å²) >= 11 is 0. The summed E-state index contributed by atoms with van der Waals surface area (Å²) in [4.78, 5) is 2.45. The van der Waals surface area contributed by atoms with Crippen molar-refractivity contribution < 1.29 is 0 Å². The molecule has 2 aromatic rings. The van der Waals surface area contributed by atoms with Crippen LogP contribution in [-0.2, 0) is 19.6 Å². The Morgan fingerprint density at radius 1 is 1.10 bits per heavy atom. The topological polar surface area (TPSA) is 47.1 Å². The lowest BCUT2D eigenvalue weighted by Crippen LogP contribution is -2.23. The summed E-state index contributed by atoms with van der Waals surface area (Å²) in [6.45, 7) is 8.22. The Morgan fingerprint density at radius 3 is 2.40 bits per heavy atom. The highest BCUT2D eigenvalue weighted by atomic mass is 15.3. The summed E-state index contributed by atoms with van der Waals surface area (Å²) in [5.41, 5.74) is 9.13. The lowest BCUT2D eigenvalue weighted by Gasteiger charge is -2.21. The molecule has 20 heavy (non-hydrogen) atoms. The van der Waals surface area contributed by atoms with Crippen molar-refractivity contribution in [2.75, 3.05) is 12.3 Å². The molecule has 0 spiro atoms. The van der Waals surface area contributed by atoms with Gasteiger partial charge in [-0.3, -0.25) is 9.58 Å². The zero-order valence-electron chi connectivity index (χ0n) is 12.4. The van der Waals surface area contributed by atoms with Gasteiger partial charge in [0.05, 0.1) is 6.20 Å². The van der Waals surface area contributed by atoms with E-state index in [9.17, 15) is 0 Å². The number of hydrogen-bond acceptors (Lipinski definition) is 3. The molecule has 0 aliphatic heterocycles. The Morgan fingerprint density at radius 2 is 1.80 bits per heavy atom. The number of rotatable bonds is 7. The second-order valence-corrected chi connectivity index (χ2v) is 5.16. The molecule has 0 saturated carbocycles. The standard InChI is InChI=1S/C16H24N4/c1-3-9-19(11-14-5-7-16(17)8-6-14)12-15-10-18-20(4-2)13-15/h5-8,10,13H,3-4,9,11-12,17H2,1-2H3. The maximum absolute atomic E-state index is 5.73. The summed E-state index contributed by atoms with van der Waals surface area (Å²) in [7, 11) is 0. The fraction of sp³-hybridized carbons (Fsp3) is 0.438. The minimum atomic E-state index is 0.819. The molecule has 0 atom stereocenters. The van der Waals surface area contributed by atoms with Gasteiger partial charge in [-0.2, -0.15) is 5.10 Å². The molecule has 0 unspecified atom stereocenters. The number of aryl methyl sites for hydroxylation is 1. The van der Waals surface area contributed by atoms with Crippen LogP contribution in [0.5, 0.6) is 0 Å². The van der Waals surface area contributed by atoms with E-state index < -0.39 is 0 Å². The Hall–Kier alpha value is -1.81. The van der Waals surface area contributed by atoms with Crippen LogP contribution in [0, 0.1) is 0 Å². The smallest absolute Gasteiger partial charge is 0.0534 e. The fourth-order valence-corrected chi connectivity index (χ4v) is 2.33. The summed E-state index contributed by atoms with van der Waals surface area (Å²) in [6, 6.07) is 8.14. The molecule has 0 fully saturated rings. The lowest BCUT2D eigenvalue weighted by atomic mass is 10.2. The second-order valence-electron chi connectivity index (χ2n) is 5.16. The van der Waals surface area contributed by atoms with Gasteiger partial charge in [-0.05, 0) is 37.6 Å². The zero-order chi connectivity index (χ0) is 14.4. The molecule has 4 heteroatoms. The molecule has 2 N–H and O–H groups in total. The van der Waals surface area contributed by atoms with Crippen LogP contribution in [0.2, 0.25) is 0 Å². The van der Waals surface area contributed by atoms with Gasteiger partial charge in [-0.1, -0.05) is 19.1 Å². The Bertz CT molecular complexity index is 516. The van der Waals surface area contributed by atoms with Crippen molar-refractivity contribution in [2.45, 2.75) is 39.9 Å². The molecule has 0 bridgehead atoms. The predicted molar refractivity (Wildman–Crippen MR) is 83.2 cm³/mol. The third-order valence-electron chi connectivity index (χ3n) is 3.34. The van der Waals surface area contributed by atoms with E-state index in [1.165, 1.54) is 11.1 Å². The van der Waals surface area contributed by atoms with E-state index in [4.69, 9.17) is 5.73 Å². The molecule has 0 aliphatic rings. The third-order valence-corrected chi connectivity index (χ3v) is 3.34. The fourth-order valence-electron chi connectivity index (χ4n) is 2.33. The van der Waals surface area contributed by atoms with Crippen LogP contribution in [0.15, 0.2) is 36.7 Å². The van der Waals surface area contributed by atoms with Gasteiger partial charge in [0.1, 0.15) is 0 Å². The van der Waals surface area contributed by atoms with Crippen molar-refractivity contribution in [2.24, 2.45) is 0 Å². The van der Waals surface area contributed by atoms with E-state index in [1.54, 1.807) is 0 Å². The quantitative estimate of drug-likeness (QED) is 0.788. The maximum atomic E-state index is 5.73. The lowest BCUT2D eigenvalue weighted by molar-refractivity contribution is 0.257. The Labute approximate surface area is 121 Å². The molecule has 1 aromatic heterocycles. The van der Waals surface area contributed by atoms with Gasteiger partial charge in [-0.15, -0.1) is 0 Å². The van der Waals surface area contributed by atoms with Crippen molar-refractivity contribution in [3.8, 4) is 0 Å². The predicted octanol–water partition coefficient (Wildman–Crippen LogP) is 2.90. The molecule has 1 aromatic carbocycles. The summed E-state index contributed by atoms with van der Waals surface area (Å²) in [5.74, 6) is 0. The molecule has 108 valence electrons. The van der Waals surface area contributed by atoms with Gasteiger partial charge < -0.3 is 5.73 Å². The van der Waals surface area contributed by atoms with E-state index in [0.29, 0.717) is 0 Å². The monoisotopic (exact) mass is 272 g/mol. The van der Waals surface area contributed by atoms with Crippen LogP contribution < -0.4 is 5.73 Å². The molecular weight excluding hydrogens is 248 g/mol. The highest BCUT2D eigenvalue weighted by Gasteiger charge is 2.08. The molecule has 4 nitrogen and oxygen atoms in total. The van der Waals surface area contributed by atoms with Gasteiger partial charge in [0.15, 0.2) is 0 Å². The first-order valence-corrected chi connectivity index (χ1v) is 7.29. The van der Waals surface area contributed by atoms with E-state index >= 15 is 0 Å². The maximum Gasteiger partial charge on any atom is 0.0534 e. The van der Waals surface area contributed by atoms with Crippen molar-refractivity contribution in [1.82, 2.24) is 14.7 Å². The molecular formula is C16H24N4. The van der Waals surface area contributed by atoms with E-state index in [-0.39, 0.29) is 0 Å². The normalized spacial score (nSPS) is 11.2. The number of benzene rings is 1. The third kappa shape index (κ3) is 4.10. The summed E-state index contributed by atoms with van der Waals surface area (Å²) in [5, 5.41) is 4.34. The minimum Gasteiger partial charge on any atom is -0.399 e. The van der Waals surface area contributed by atoms with Crippen molar-refractivity contribution in [3.63, 3.8) is 0 Å². The molecule has 2 rings (SSSR count). The van der Waals surface area contributed by atoms with E-state index in [0.717, 1.165) is 38.3 Å².